The molecule has 0 bridgehead atoms. The first-order chi connectivity index (χ1) is 17.7. The summed E-state index contributed by atoms with van der Waals surface area (Å²) in [6.07, 6.45) is 2.53. The van der Waals surface area contributed by atoms with Crippen LogP contribution in [0.2, 0.25) is 0 Å². The monoisotopic (exact) mass is 479 g/mol. The highest BCUT2D eigenvalue weighted by Gasteiger charge is 2.31. The SMILES string of the molecule is COc1cc(N2Cc3ccc(-c4ccc5ccccc5c4)nc3C2=O)ccc1OCCN1CCCC1. The van der Waals surface area contributed by atoms with Crippen molar-refractivity contribution >= 4 is 22.4 Å². The molecular weight excluding hydrogens is 450 g/mol. The highest BCUT2D eigenvalue weighted by atomic mass is 16.5. The maximum Gasteiger partial charge on any atom is 0.277 e. The molecule has 0 unspecified atom stereocenters. The van der Waals surface area contributed by atoms with Crippen molar-refractivity contribution in [1.82, 2.24) is 9.88 Å². The molecule has 0 N–H and O–H groups in total. The number of nitrogens with zero attached hydrogens (tertiary/aromatic N) is 3. The van der Waals surface area contributed by atoms with E-state index in [0.29, 0.717) is 30.3 Å². The fourth-order valence-electron chi connectivity index (χ4n) is 5.12. The second-order valence-corrected chi connectivity index (χ2v) is 9.39. The molecule has 1 fully saturated rings. The van der Waals surface area contributed by atoms with Crippen LogP contribution in [0.5, 0.6) is 11.5 Å². The van der Waals surface area contributed by atoms with Gasteiger partial charge in [0.15, 0.2) is 11.5 Å². The van der Waals surface area contributed by atoms with E-state index < -0.39 is 0 Å². The second kappa shape index (κ2) is 9.63. The molecule has 3 heterocycles. The predicted octanol–water partition coefficient (Wildman–Crippen LogP) is 5.55. The van der Waals surface area contributed by atoms with Gasteiger partial charge in [-0.1, -0.05) is 42.5 Å². The predicted molar refractivity (Wildman–Crippen MR) is 142 cm³/mol. The van der Waals surface area contributed by atoms with Crippen LogP contribution in [0.25, 0.3) is 22.0 Å². The molecule has 0 saturated carbocycles. The Bertz CT molecular complexity index is 1430. The van der Waals surface area contributed by atoms with Gasteiger partial charge in [0.2, 0.25) is 0 Å². The maximum absolute atomic E-state index is 13.4. The molecule has 6 nitrogen and oxygen atoms in total. The topological polar surface area (TPSA) is 54.9 Å². The van der Waals surface area contributed by atoms with Gasteiger partial charge in [0.05, 0.1) is 19.3 Å². The number of rotatable bonds is 7. The number of benzene rings is 3. The highest BCUT2D eigenvalue weighted by Crippen LogP contribution is 2.36. The van der Waals surface area contributed by atoms with Crippen LogP contribution in [0.4, 0.5) is 5.69 Å². The van der Waals surface area contributed by atoms with Crippen LogP contribution in [-0.4, -0.2) is 49.1 Å². The number of fused-ring (bicyclic) bond motifs is 2. The van der Waals surface area contributed by atoms with E-state index in [2.05, 4.69) is 35.2 Å². The standard InChI is InChI=1S/C30H29N3O3/c1-35-28-19-25(11-13-27(28)36-17-16-32-14-4-5-15-32)33-20-24-10-12-26(31-29(24)30(33)34)23-9-8-21-6-2-3-7-22(21)18-23/h2-3,6-13,18-19H,4-5,14-17,20H2,1H3. The molecule has 6 rings (SSSR count). The van der Waals surface area contributed by atoms with Crippen molar-refractivity contribution in [3.05, 3.63) is 84.1 Å². The fourth-order valence-corrected chi connectivity index (χ4v) is 5.12. The third-order valence-corrected chi connectivity index (χ3v) is 7.12. The highest BCUT2D eigenvalue weighted by molar-refractivity contribution is 6.09. The zero-order valence-corrected chi connectivity index (χ0v) is 20.4. The number of carbonyl (C=O) groups excluding carboxylic acids is 1. The van der Waals surface area contributed by atoms with Crippen molar-refractivity contribution < 1.29 is 14.3 Å². The summed E-state index contributed by atoms with van der Waals surface area (Å²) in [5.74, 6) is 1.22. The van der Waals surface area contributed by atoms with Crippen molar-refractivity contribution in [2.75, 3.05) is 38.3 Å². The minimum Gasteiger partial charge on any atom is -0.493 e. The summed E-state index contributed by atoms with van der Waals surface area (Å²) in [6, 6.07) is 24.2. The van der Waals surface area contributed by atoms with Crippen molar-refractivity contribution in [3.8, 4) is 22.8 Å². The number of methoxy groups -OCH3 is 1. The minimum absolute atomic E-state index is 0.0996. The van der Waals surface area contributed by atoms with E-state index in [1.54, 1.807) is 12.0 Å². The lowest BCUT2D eigenvalue weighted by molar-refractivity contribution is 0.0992. The average Bonchev–Trinajstić information content (AvgIpc) is 3.56. The first-order valence-electron chi connectivity index (χ1n) is 12.5. The molecule has 36 heavy (non-hydrogen) atoms. The largest absolute Gasteiger partial charge is 0.493 e. The zero-order valence-electron chi connectivity index (χ0n) is 20.4. The van der Waals surface area contributed by atoms with E-state index in [0.717, 1.165) is 47.5 Å². The van der Waals surface area contributed by atoms with Gasteiger partial charge in [-0.05, 0) is 61.0 Å². The normalized spacial score (nSPS) is 15.5. The Kier molecular flexibility index (Phi) is 6.03. The second-order valence-electron chi connectivity index (χ2n) is 9.39. The summed E-state index contributed by atoms with van der Waals surface area (Å²) in [5, 5.41) is 2.34. The van der Waals surface area contributed by atoms with Gasteiger partial charge in [0, 0.05) is 29.4 Å². The number of hydrogen-bond donors (Lipinski definition) is 0. The molecular formula is C30H29N3O3. The van der Waals surface area contributed by atoms with Gasteiger partial charge in [-0.15, -0.1) is 0 Å². The Labute approximate surface area is 211 Å². The third kappa shape index (κ3) is 4.29. The first-order valence-corrected chi connectivity index (χ1v) is 12.5. The van der Waals surface area contributed by atoms with Gasteiger partial charge < -0.3 is 14.4 Å². The summed E-state index contributed by atoms with van der Waals surface area (Å²) in [6.45, 7) is 4.31. The van der Waals surface area contributed by atoms with Gasteiger partial charge in [0.1, 0.15) is 12.3 Å². The fraction of sp³-hybridized carbons (Fsp3) is 0.267. The number of amides is 1. The summed E-state index contributed by atoms with van der Waals surface area (Å²) >= 11 is 0. The van der Waals surface area contributed by atoms with Crippen LogP contribution < -0.4 is 14.4 Å². The Morgan fingerprint density at radius 2 is 1.72 bits per heavy atom. The maximum atomic E-state index is 13.4. The molecule has 4 aromatic rings. The van der Waals surface area contributed by atoms with Crippen LogP contribution in [0, 0.1) is 0 Å². The van der Waals surface area contributed by atoms with E-state index in [9.17, 15) is 4.79 Å². The minimum atomic E-state index is -0.0996. The zero-order chi connectivity index (χ0) is 24.5. The number of likely N-dealkylation sites (tertiary alicyclic amines) is 1. The first kappa shape index (κ1) is 22.6. The quantitative estimate of drug-likeness (QED) is 0.348. The van der Waals surface area contributed by atoms with Crippen LogP contribution in [0.15, 0.2) is 72.8 Å². The molecule has 0 spiro atoms. The van der Waals surface area contributed by atoms with E-state index in [4.69, 9.17) is 14.5 Å². The van der Waals surface area contributed by atoms with Crippen LogP contribution in [-0.2, 0) is 6.54 Å². The lowest BCUT2D eigenvalue weighted by Crippen LogP contribution is -2.25. The van der Waals surface area contributed by atoms with Crippen LogP contribution in [0.1, 0.15) is 28.9 Å². The Hall–Kier alpha value is -3.90. The smallest absolute Gasteiger partial charge is 0.277 e. The molecule has 0 radical (unpaired) electrons. The number of ether oxygens (including phenoxy) is 2. The molecule has 0 atom stereocenters. The Morgan fingerprint density at radius 3 is 2.56 bits per heavy atom. The summed E-state index contributed by atoms with van der Waals surface area (Å²) in [4.78, 5) is 22.3. The lowest BCUT2D eigenvalue weighted by atomic mass is 10.0. The molecule has 2 aliphatic heterocycles. The van der Waals surface area contributed by atoms with Crippen LogP contribution >= 0.6 is 0 Å². The number of carbonyl (C=O) groups is 1. The van der Waals surface area contributed by atoms with Gasteiger partial charge in [-0.3, -0.25) is 9.69 Å². The van der Waals surface area contributed by atoms with Crippen molar-refractivity contribution in [2.24, 2.45) is 0 Å². The Morgan fingerprint density at radius 1 is 0.889 bits per heavy atom. The number of anilines is 1. The molecule has 1 aromatic heterocycles. The van der Waals surface area contributed by atoms with Gasteiger partial charge >= 0.3 is 0 Å². The molecule has 2 aliphatic rings. The molecule has 1 saturated heterocycles. The average molecular weight is 480 g/mol. The van der Waals surface area contributed by atoms with E-state index in [1.807, 2.05) is 42.5 Å². The van der Waals surface area contributed by atoms with E-state index in [-0.39, 0.29) is 5.91 Å². The van der Waals surface area contributed by atoms with Gasteiger partial charge in [-0.2, -0.15) is 0 Å². The molecule has 182 valence electrons. The lowest BCUT2D eigenvalue weighted by Gasteiger charge is -2.19. The van der Waals surface area contributed by atoms with Gasteiger partial charge in [-0.25, -0.2) is 4.98 Å². The molecule has 6 heteroatoms. The van der Waals surface area contributed by atoms with E-state index >= 15 is 0 Å². The molecule has 3 aromatic carbocycles. The van der Waals surface area contributed by atoms with Gasteiger partial charge in [0.25, 0.3) is 5.91 Å². The van der Waals surface area contributed by atoms with Crippen molar-refractivity contribution in [1.29, 1.82) is 0 Å². The molecule has 1 amide bonds. The molecule has 0 aliphatic carbocycles. The number of aromatic nitrogens is 1. The third-order valence-electron chi connectivity index (χ3n) is 7.12. The summed E-state index contributed by atoms with van der Waals surface area (Å²) < 4.78 is 11.6. The van der Waals surface area contributed by atoms with Crippen LogP contribution in [0.3, 0.4) is 0 Å². The van der Waals surface area contributed by atoms with Crippen molar-refractivity contribution in [2.45, 2.75) is 19.4 Å². The van der Waals surface area contributed by atoms with E-state index in [1.165, 1.54) is 18.2 Å². The summed E-state index contributed by atoms with van der Waals surface area (Å²) in [7, 11) is 1.63. The number of hydrogen-bond acceptors (Lipinski definition) is 5. The summed E-state index contributed by atoms with van der Waals surface area (Å²) in [5.41, 5.74) is 4.00. The number of pyridine rings is 1. The Balaban J connectivity index is 1.21. The van der Waals surface area contributed by atoms with Crippen molar-refractivity contribution in [3.63, 3.8) is 0 Å².